The number of hydrogen-bond donors (Lipinski definition) is 2. The van der Waals surface area contributed by atoms with Gasteiger partial charge in [-0.1, -0.05) is 172 Å². The number of hydrogen-bond acceptors (Lipinski definition) is 7. The second-order valence-corrected chi connectivity index (χ2v) is 26.6. The van der Waals surface area contributed by atoms with E-state index >= 15 is 0 Å². The van der Waals surface area contributed by atoms with Gasteiger partial charge in [0.05, 0.1) is 4.92 Å². The second-order valence-electron chi connectivity index (χ2n) is 18.3. The lowest BCUT2D eigenvalue weighted by molar-refractivity contribution is -0.384. The van der Waals surface area contributed by atoms with Gasteiger partial charge in [0.25, 0.3) is 5.69 Å². The average Bonchev–Trinajstić information content (AvgIpc) is 3.35. The fraction of sp³-hybridized carbons (Fsp3) is 0.115. The largest absolute Gasteiger partial charge is 0.399 e. The van der Waals surface area contributed by atoms with E-state index in [0.29, 0.717) is 27.3 Å². The summed E-state index contributed by atoms with van der Waals surface area (Å²) in [5.74, 6) is 0. The van der Waals surface area contributed by atoms with E-state index in [2.05, 4.69) is 26.0 Å². The molecule has 0 saturated heterocycles. The Morgan fingerprint density at radius 1 is 0.306 bits per heavy atom. The van der Waals surface area contributed by atoms with E-state index in [1.807, 2.05) is 186 Å². The number of nitro groups is 1. The Hall–Kier alpha value is -7.33. The number of nitro benzene ring substituents is 1. The van der Waals surface area contributed by atoms with Gasteiger partial charge in [-0.15, -0.1) is 0 Å². The standard InChI is InChI=1S/C21H20NO3P.C20H21N2OP.C20H19OP/c1-15-6-4-8-19(11-15)26(25,21-12-16(2)10-17(3)13-21)20-9-5-7-18(14-20)22(23)24;1-14-9-15(2)11-20(10-14)24(23,18-7-3-5-16(21)12-18)19-8-4-6-17(22)13-19;1-16-13-17(2)15-20(14-16)22(21,18-9-5-3-6-10-18)19-11-7-4-8-12-19/h4-14H,1-3H3;3-13H,21-22H2,1-2H3;3-15H,1-2H3. The van der Waals surface area contributed by atoms with Gasteiger partial charge in [0.2, 0.25) is 0 Å². The van der Waals surface area contributed by atoms with E-state index in [-0.39, 0.29) is 5.69 Å². The smallest absolute Gasteiger partial charge is 0.270 e. The number of rotatable bonds is 10. The molecule has 1 unspecified atom stereocenters. The van der Waals surface area contributed by atoms with Gasteiger partial charge < -0.3 is 25.2 Å². The zero-order valence-corrected chi connectivity index (χ0v) is 44.4. The molecular weight excluding hydrogens is 948 g/mol. The minimum absolute atomic E-state index is 0.0558. The molecule has 0 aromatic heterocycles. The van der Waals surface area contributed by atoms with Crippen LogP contribution < -0.4 is 59.2 Å². The van der Waals surface area contributed by atoms with Gasteiger partial charge in [-0.05, 0) is 115 Å². The molecule has 9 aromatic carbocycles. The van der Waals surface area contributed by atoms with Crippen molar-refractivity contribution in [1.29, 1.82) is 0 Å². The van der Waals surface area contributed by atoms with Crippen molar-refractivity contribution < 1.29 is 18.6 Å². The third kappa shape index (κ3) is 11.7. The van der Waals surface area contributed by atoms with Crippen LogP contribution in [0.15, 0.2) is 212 Å². The van der Waals surface area contributed by atoms with Crippen molar-refractivity contribution in [3.05, 3.63) is 261 Å². The molecule has 8 nitrogen and oxygen atoms in total. The second kappa shape index (κ2) is 22.4. The number of anilines is 2. The fourth-order valence-electron chi connectivity index (χ4n) is 9.08. The van der Waals surface area contributed by atoms with Gasteiger partial charge in [-0.25, -0.2) is 0 Å². The summed E-state index contributed by atoms with van der Waals surface area (Å²) in [5.41, 5.74) is 20.5. The molecule has 9 rings (SSSR count). The first-order chi connectivity index (χ1) is 34.3. The molecular formula is C61H60N3O5P3. The van der Waals surface area contributed by atoms with Gasteiger partial charge in [0.15, 0.2) is 21.4 Å². The highest BCUT2D eigenvalue weighted by Gasteiger charge is 2.33. The molecule has 0 heterocycles. The van der Waals surface area contributed by atoms with Crippen molar-refractivity contribution in [2.24, 2.45) is 0 Å². The SMILES string of the molecule is Cc1cc(C)cc(P(=O)(c2cccc(N)c2)c2cccc(N)c2)c1.Cc1cc(C)cc(P(=O)(c2ccccc2)c2ccccc2)c1.Cc1cccc(P(=O)(c2cc(C)cc(C)c2)c2cccc([N+](=O)[O-])c2)c1. The third-order valence-electron chi connectivity index (χ3n) is 12.2. The number of nitrogens with zero attached hydrogens (tertiary/aromatic N) is 1. The van der Waals surface area contributed by atoms with Crippen molar-refractivity contribution >= 4 is 86.2 Å². The number of benzene rings is 9. The van der Waals surface area contributed by atoms with Crippen LogP contribution >= 0.6 is 21.4 Å². The maximum atomic E-state index is 14.4. The maximum absolute atomic E-state index is 14.4. The van der Waals surface area contributed by atoms with Crippen molar-refractivity contribution in [3.63, 3.8) is 0 Å². The predicted octanol–water partition coefficient (Wildman–Crippen LogP) is 11.2. The lowest BCUT2D eigenvalue weighted by Crippen LogP contribution is -2.26. The van der Waals surface area contributed by atoms with Gasteiger partial charge in [-0.2, -0.15) is 0 Å². The summed E-state index contributed by atoms with van der Waals surface area (Å²) in [5, 5.41) is 18.0. The summed E-state index contributed by atoms with van der Waals surface area (Å²) >= 11 is 0. The van der Waals surface area contributed by atoms with Crippen LogP contribution in [0.3, 0.4) is 0 Å². The van der Waals surface area contributed by atoms with Crippen LogP contribution in [0, 0.1) is 58.6 Å². The Labute approximate surface area is 424 Å². The molecule has 0 amide bonds. The summed E-state index contributed by atoms with van der Waals surface area (Å²) in [6, 6.07) is 66.0. The van der Waals surface area contributed by atoms with E-state index < -0.39 is 26.3 Å². The molecule has 0 radical (unpaired) electrons. The molecule has 0 aliphatic rings. The van der Waals surface area contributed by atoms with Gasteiger partial charge in [0.1, 0.15) is 0 Å². The van der Waals surface area contributed by atoms with E-state index in [0.717, 1.165) is 70.8 Å². The Morgan fingerprint density at radius 2 is 0.583 bits per heavy atom. The summed E-state index contributed by atoms with van der Waals surface area (Å²) in [7, 11) is -9.10. The maximum Gasteiger partial charge on any atom is 0.270 e. The summed E-state index contributed by atoms with van der Waals surface area (Å²) in [6.45, 7) is 14.0. The summed E-state index contributed by atoms with van der Waals surface area (Å²) in [4.78, 5) is 10.8. The topological polar surface area (TPSA) is 146 Å². The Morgan fingerprint density at radius 3 is 0.917 bits per heavy atom. The molecule has 72 heavy (non-hydrogen) atoms. The average molecular weight is 1010 g/mol. The molecule has 4 N–H and O–H groups in total. The van der Waals surface area contributed by atoms with Crippen LogP contribution in [0.5, 0.6) is 0 Å². The van der Waals surface area contributed by atoms with Crippen molar-refractivity contribution in [2.45, 2.75) is 48.5 Å². The zero-order valence-electron chi connectivity index (χ0n) is 41.7. The minimum atomic E-state index is -3.23. The van der Waals surface area contributed by atoms with Crippen molar-refractivity contribution in [1.82, 2.24) is 0 Å². The Kier molecular flexibility index (Phi) is 16.3. The van der Waals surface area contributed by atoms with E-state index in [9.17, 15) is 23.8 Å². The molecule has 0 saturated carbocycles. The molecule has 1 atom stereocenters. The number of nitrogens with two attached hydrogens (primary N) is 2. The molecule has 0 aliphatic heterocycles. The first kappa shape index (κ1) is 52.5. The van der Waals surface area contributed by atoms with Crippen LogP contribution in [-0.4, -0.2) is 4.92 Å². The van der Waals surface area contributed by atoms with Crippen molar-refractivity contribution in [3.8, 4) is 0 Å². The van der Waals surface area contributed by atoms with Crippen LogP contribution in [0.2, 0.25) is 0 Å². The third-order valence-corrected chi connectivity index (χ3v) is 21.2. The zero-order chi connectivity index (χ0) is 51.8. The Bertz CT molecular complexity index is 3410. The van der Waals surface area contributed by atoms with Gasteiger partial charge in [0, 0.05) is 71.2 Å². The van der Waals surface area contributed by atoms with Crippen LogP contribution in [0.4, 0.5) is 17.1 Å². The molecule has 364 valence electrons. The highest BCUT2D eigenvalue weighted by Crippen LogP contribution is 2.45. The van der Waals surface area contributed by atoms with Crippen LogP contribution in [0.25, 0.3) is 0 Å². The minimum Gasteiger partial charge on any atom is -0.399 e. The van der Waals surface area contributed by atoms with E-state index in [1.165, 1.54) is 12.1 Å². The first-order valence-electron chi connectivity index (χ1n) is 23.5. The molecule has 0 bridgehead atoms. The highest BCUT2D eigenvalue weighted by atomic mass is 31.2. The van der Waals surface area contributed by atoms with Crippen LogP contribution in [0.1, 0.15) is 38.9 Å². The lowest BCUT2D eigenvalue weighted by atomic mass is 10.2. The number of aryl methyl sites for hydroxylation is 7. The number of nitrogen functional groups attached to an aromatic ring is 2. The van der Waals surface area contributed by atoms with E-state index in [4.69, 9.17) is 11.5 Å². The number of non-ortho nitro benzene ring substituents is 1. The molecule has 9 aromatic rings. The molecule has 11 heteroatoms. The lowest BCUT2D eigenvalue weighted by Gasteiger charge is -2.21. The normalized spacial score (nSPS) is 12.0. The summed E-state index contributed by atoms with van der Waals surface area (Å²) < 4.78 is 42.9. The monoisotopic (exact) mass is 1010 g/mol. The quantitative estimate of drug-likeness (QED) is 0.0600. The van der Waals surface area contributed by atoms with Crippen molar-refractivity contribution in [2.75, 3.05) is 11.5 Å². The predicted molar refractivity (Wildman–Crippen MR) is 306 cm³/mol. The van der Waals surface area contributed by atoms with Gasteiger partial charge >= 0.3 is 0 Å². The first-order valence-corrected chi connectivity index (χ1v) is 28.6. The highest BCUT2D eigenvalue weighted by molar-refractivity contribution is 7.86. The van der Waals surface area contributed by atoms with Gasteiger partial charge in [-0.3, -0.25) is 10.1 Å². The van der Waals surface area contributed by atoms with E-state index in [1.54, 1.807) is 36.4 Å². The Balaban J connectivity index is 0.000000159. The molecule has 0 aliphatic carbocycles. The fourth-order valence-corrected chi connectivity index (χ4v) is 17.8. The molecule has 0 fully saturated rings. The van der Waals surface area contributed by atoms with Crippen LogP contribution in [-0.2, 0) is 13.7 Å². The summed E-state index contributed by atoms with van der Waals surface area (Å²) in [6.07, 6.45) is 0. The molecule has 0 spiro atoms.